The predicted octanol–water partition coefficient (Wildman–Crippen LogP) is 4.95. The van der Waals surface area contributed by atoms with E-state index in [0.717, 1.165) is 10.7 Å². The maximum atomic E-state index is 6.24. The summed E-state index contributed by atoms with van der Waals surface area (Å²) in [6.45, 7) is 2.06. The summed E-state index contributed by atoms with van der Waals surface area (Å²) >= 11 is 6.24. The first-order valence-electron chi connectivity index (χ1n) is 6.45. The number of rotatable bonds is 2. The maximum Gasteiger partial charge on any atom is 0.0640 e. The summed E-state index contributed by atoms with van der Waals surface area (Å²) in [4.78, 5) is 0. The maximum absolute atomic E-state index is 6.24. The molecule has 1 N–H and O–H groups in total. The topological polar surface area (TPSA) is 12.0 Å². The van der Waals surface area contributed by atoms with E-state index in [1.54, 1.807) is 0 Å². The predicted molar refractivity (Wildman–Crippen MR) is 75.8 cm³/mol. The van der Waals surface area contributed by atoms with E-state index in [2.05, 4.69) is 36.5 Å². The van der Waals surface area contributed by atoms with Crippen molar-refractivity contribution in [2.45, 2.75) is 45.1 Å². The summed E-state index contributed by atoms with van der Waals surface area (Å²) < 4.78 is 0. The van der Waals surface area contributed by atoms with Crippen LogP contribution in [0, 0.1) is 6.92 Å². The highest BCUT2D eigenvalue weighted by Gasteiger charge is 2.08. The van der Waals surface area contributed by atoms with Gasteiger partial charge in [0.05, 0.1) is 10.7 Å². The lowest BCUT2D eigenvalue weighted by Crippen LogP contribution is -2.17. The third kappa shape index (κ3) is 3.78. The van der Waals surface area contributed by atoms with Crippen LogP contribution in [0.25, 0.3) is 0 Å². The van der Waals surface area contributed by atoms with E-state index in [4.69, 9.17) is 11.6 Å². The summed E-state index contributed by atoms with van der Waals surface area (Å²) in [5.74, 6) is 0. The van der Waals surface area contributed by atoms with Gasteiger partial charge in [0.25, 0.3) is 0 Å². The van der Waals surface area contributed by atoms with Gasteiger partial charge in [-0.25, -0.2) is 0 Å². The molecule has 92 valence electrons. The van der Waals surface area contributed by atoms with Gasteiger partial charge < -0.3 is 5.32 Å². The van der Waals surface area contributed by atoms with Crippen molar-refractivity contribution >= 4 is 17.3 Å². The van der Waals surface area contributed by atoms with Crippen LogP contribution < -0.4 is 5.32 Å². The number of hydrogen-bond donors (Lipinski definition) is 1. The largest absolute Gasteiger partial charge is 0.378 e. The van der Waals surface area contributed by atoms with Crippen LogP contribution in [0.15, 0.2) is 30.4 Å². The van der Waals surface area contributed by atoms with Gasteiger partial charge in [0.1, 0.15) is 0 Å². The molecule has 1 atom stereocenters. The van der Waals surface area contributed by atoms with Gasteiger partial charge in [0.2, 0.25) is 0 Å². The Morgan fingerprint density at radius 3 is 2.94 bits per heavy atom. The zero-order valence-corrected chi connectivity index (χ0v) is 11.1. The van der Waals surface area contributed by atoms with Crippen molar-refractivity contribution in [2.24, 2.45) is 0 Å². The van der Waals surface area contributed by atoms with Crippen molar-refractivity contribution in [3.63, 3.8) is 0 Å². The van der Waals surface area contributed by atoms with Crippen LogP contribution in [0.3, 0.4) is 0 Å². The van der Waals surface area contributed by atoms with E-state index in [-0.39, 0.29) is 0 Å². The molecule has 0 fully saturated rings. The fraction of sp³-hybridized carbons (Fsp3) is 0.467. The van der Waals surface area contributed by atoms with Gasteiger partial charge in [-0.15, -0.1) is 0 Å². The molecule has 0 spiro atoms. The molecule has 1 unspecified atom stereocenters. The molecule has 17 heavy (non-hydrogen) atoms. The van der Waals surface area contributed by atoms with E-state index in [1.165, 1.54) is 37.7 Å². The second kappa shape index (κ2) is 6.11. The highest BCUT2D eigenvalue weighted by Crippen LogP contribution is 2.25. The van der Waals surface area contributed by atoms with Gasteiger partial charge >= 0.3 is 0 Å². The van der Waals surface area contributed by atoms with E-state index in [9.17, 15) is 0 Å². The molecule has 1 nitrogen and oxygen atoms in total. The average molecular weight is 250 g/mol. The number of aryl methyl sites for hydroxylation is 1. The van der Waals surface area contributed by atoms with Gasteiger partial charge in [-0.2, -0.15) is 0 Å². The molecule has 0 amide bonds. The van der Waals surface area contributed by atoms with Gasteiger partial charge in [0.15, 0.2) is 0 Å². The van der Waals surface area contributed by atoms with E-state index in [1.807, 2.05) is 6.07 Å². The Morgan fingerprint density at radius 2 is 2.12 bits per heavy atom. The zero-order chi connectivity index (χ0) is 12.1. The number of hydrogen-bond acceptors (Lipinski definition) is 1. The fourth-order valence-corrected chi connectivity index (χ4v) is 2.51. The minimum Gasteiger partial charge on any atom is -0.378 e. The SMILES string of the molecule is Cc1ccc(NC2/C=C/CCCCC2)c(Cl)c1. The Balaban J connectivity index is 2.05. The first-order valence-corrected chi connectivity index (χ1v) is 6.83. The number of benzene rings is 1. The molecule has 1 aliphatic rings. The Bertz CT molecular complexity index is 398. The van der Waals surface area contributed by atoms with Crippen LogP contribution in [-0.2, 0) is 0 Å². The Labute approximate surface area is 109 Å². The quantitative estimate of drug-likeness (QED) is 0.732. The van der Waals surface area contributed by atoms with Crippen molar-refractivity contribution in [3.8, 4) is 0 Å². The van der Waals surface area contributed by atoms with Gasteiger partial charge in [-0.1, -0.05) is 42.7 Å². The van der Waals surface area contributed by atoms with Crippen molar-refractivity contribution in [2.75, 3.05) is 5.32 Å². The smallest absolute Gasteiger partial charge is 0.0640 e. The molecule has 0 saturated heterocycles. The molecular formula is C15H20ClN. The molecular weight excluding hydrogens is 230 g/mol. The first-order chi connectivity index (χ1) is 8.25. The zero-order valence-electron chi connectivity index (χ0n) is 10.4. The lowest BCUT2D eigenvalue weighted by atomic mass is 10.0. The van der Waals surface area contributed by atoms with Crippen LogP contribution in [-0.4, -0.2) is 6.04 Å². The number of halogens is 1. The molecule has 2 heteroatoms. The van der Waals surface area contributed by atoms with Crippen LogP contribution in [0.2, 0.25) is 5.02 Å². The monoisotopic (exact) mass is 249 g/mol. The summed E-state index contributed by atoms with van der Waals surface area (Å²) in [6.07, 6.45) is 10.9. The number of anilines is 1. The number of nitrogens with one attached hydrogen (secondary N) is 1. The van der Waals surface area contributed by atoms with E-state index in [0.29, 0.717) is 6.04 Å². The van der Waals surface area contributed by atoms with E-state index < -0.39 is 0 Å². The normalized spacial score (nSPS) is 22.6. The van der Waals surface area contributed by atoms with Gasteiger partial charge in [0, 0.05) is 6.04 Å². The number of allylic oxidation sites excluding steroid dienone is 1. The summed E-state index contributed by atoms with van der Waals surface area (Å²) in [5, 5.41) is 4.35. The summed E-state index contributed by atoms with van der Waals surface area (Å²) in [6, 6.07) is 6.61. The Hall–Kier alpha value is -0.950. The minimum atomic E-state index is 0.426. The minimum absolute atomic E-state index is 0.426. The molecule has 0 aromatic heterocycles. The van der Waals surface area contributed by atoms with Crippen molar-refractivity contribution in [3.05, 3.63) is 40.9 Å². The molecule has 1 aromatic rings. The second-order valence-corrected chi connectivity index (χ2v) is 5.21. The standard InChI is InChI=1S/C15H20ClN/c1-12-9-10-15(14(16)11-12)17-13-7-5-3-2-4-6-8-13/h5,7,9-11,13,17H,2-4,6,8H2,1H3/b7-5+. The molecule has 1 aliphatic carbocycles. The second-order valence-electron chi connectivity index (χ2n) is 4.80. The first kappa shape index (κ1) is 12.5. The molecule has 2 rings (SSSR count). The molecule has 0 bridgehead atoms. The van der Waals surface area contributed by atoms with E-state index >= 15 is 0 Å². The summed E-state index contributed by atoms with van der Waals surface area (Å²) in [5.41, 5.74) is 2.25. The summed E-state index contributed by atoms with van der Waals surface area (Å²) in [7, 11) is 0. The van der Waals surface area contributed by atoms with Crippen LogP contribution in [0.1, 0.15) is 37.7 Å². The highest BCUT2D eigenvalue weighted by molar-refractivity contribution is 6.33. The van der Waals surface area contributed by atoms with Crippen molar-refractivity contribution < 1.29 is 0 Å². The third-order valence-electron chi connectivity index (χ3n) is 3.22. The Kier molecular flexibility index (Phi) is 4.49. The average Bonchev–Trinajstić information content (AvgIpc) is 2.25. The van der Waals surface area contributed by atoms with Crippen molar-refractivity contribution in [1.29, 1.82) is 0 Å². The third-order valence-corrected chi connectivity index (χ3v) is 3.53. The molecule has 0 aliphatic heterocycles. The lowest BCUT2D eigenvalue weighted by Gasteiger charge is -2.19. The fourth-order valence-electron chi connectivity index (χ4n) is 2.22. The van der Waals surface area contributed by atoms with Gasteiger partial charge in [-0.3, -0.25) is 0 Å². The highest BCUT2D eigenvalue weighted by atomic mass is 35.5. The van der Waals surface area contributed by atoms with Crippen LogP contribution in [0.4, 0.5) is 5.69 Å². The molecule has 0 saturated carbocycles. The lowest BCUT2D eigenvalue weighted by molar-refractivity contribution is 0.610. The van der Waals surface area contributed by atoms with Gasteiger partial charge in [-0.05, 0) is 43.9 Å². The van der Waals surface area contributed by atoms with Crippen LogP contribution in [0.5, 0.6) is 0 Å². The Morgan fingerprint density at radius 1 is 1.24 bits per heavy atom. The molecule has 1 aromatic carbocycles. The van der Waals surface area contributed by atoms with Crippen molar-refractivity contribution in [1.82, 2.24) is 0 Å². The molecule has 0 radical (unpaired) electrons. The van der Waals surface area contributed by atoms with Crippen LogP contribution >= 0.6 is 11.6 Å². The molecule has 0 heterocycles.